The van der Waals surface area contributed by atoms with Crippen LogP contribution in [0.1, 0.15) is 36.6 Å². The topological polar surface area (TPSA) is 57.7 Å². The maximum atomic E-state index is 13.2. The summed E-state index contributed by atoms with van der Waals surface area (Å²) >= 11 is 0. The summed E-state index contributed by atoms with van der Waals surface area (Å²) in [7, 11) is -3.72. The normalized spacial score (nSPS) is 22.3. The van der Waals surface area contributed by atoms with Gasteiger partial charge in [0.2, 0.25) is 15.9 Å². The van der Waals surface area contributed by atoms with Crippen molar-refractivity contribution in [3.63, 3.8) is 0 Å². The summed E-state index contributed by atoms with van der Waals surface area (Å²) in [5.41, 5.74) is 2.78. The average molecular weight is 385 g/mol. The quantitative estimate of drug-likeness (QED) is 0.800. The number of sulfonamides is 1. The second-order valence-electron chi connectivity index (χ2n) is 8.07. The Kier molecular flexibility index (Phi) is 4.16. The van der Waals surface area contributed by atoms with Crippen LogP contribution in [0.2, 0.25) is 0 Å². The molecule has 4 rings (SSSR count). The molecule has 0 aliphatic carbocycles. The fraction of sp³-hybridized carbons (Fsp3) is 0.381. The number of carbonyl (C=O) groups is 1. The van der Waals surface area contributed by atoms with Gasteiger partial charge in [-0.2, -0.15) is 4.31 Å². The van der Waals surface area contributed by atoms with Gasteiger partial charge in [-0.25, -0.2) is 8.42 Å². The van der Waals surface area contributed by atoms with Crippen molar-refractivity contribution < 1.29 is 13.2 Å². The number of hydrogen-bond donors (Lipinski definition) is 0. The molecule has 0 spiro atoms. The molecule has 2 heterocycles. The van der Waals surface area contributed by atoms with Crippen molar-refractivity contribution in [2.45, 2.75) is 37.1 Å². The monoisotopic (exact) mass is 384 g/mol. The molecule has 2 aromatic rings. The van der Waals surface area contributed by atoms with Gasteiger partial charge < -0.3 is 4.90 Å². The number of benzene rings is 2. The van der Waals surface area contributed by atoms with Gasteiger partial charge in [-0.1, -0.05) is 56.3 Å². The molecular formula is C21H24N2O3S. The number of carbonyl (C=O) groups excluding carboxylic acids is 1. The zero-order valence-corrected chi connectivity index (χ0v) is 16.7. The zero-order chi connectivity index (χ0) is 19.4. The smallest absolute Gasteiger partial charge is 0.243 e. The molecule has 2 aliphatic heterocycles. The van der Waals surface area contributed by atoms with E-state index in [2.05, 4.69) is 19.9 Å². The first-order valence-corrected chi connectivity index (χ1v) is 10.6. The van der Waals surface area contributed by atoms with Gasteiger partial charge in [0.25, 0.3) is 0 Å². The molecule has 1 unspecified atom stereocenters. The van der Waals surface area contributed by atoms with Crippen LogP contribution < -0.4 is 0 Å². The summed E-state index contributed by atoms with van der Waals surface area (Å²) in [5.74, 6) is -0.133. The first kappa shape index (κ1) is 18.2. The highest BCUT2D eigenvalue weighted by molar-refractivity contribution is 7.89. The largest absolute Gasteiger partial charge is 0.332 e. The molecule has 27 heavy (non-hydrogen) atoms. The van der Waals surface area contributed by atoms with Crippen molar-refractivity contribution in [2.24, 2.45) is 0 Å². The van der Waals surface area contributed by atoms with Crippen LogP contribution in [0.5, 0.6) is 0 Å². The standard InChI is InChI=1S/C21H24N2O3S/c1-15-8-4-7-11-19(15)27(25,26)22-12-18-16-9-5-6-10-17(16)21(2,3)14-23(18)20(24)13-22/h4-11,18H,12-14H2,1-3H3. The molecule has 6 heteroatoms. The minimum absolute atomic E-state index is 0.106. The van der Waals surface area contributed by atoms with E-state index in [0.29, 0.717) is 12.1 Å². The second-order valence-corrected chi connectivity index (χ2v) is 9.98. The lowest BCUT2D eigenvalue weighted by Gasteiger charge is -2.49. The summed E-state index contributed by atoms with van der Waals surface area (Å²) in [5, 5.41) is 0. The molecular weight excluding hydrogens is 360 g/mol. The van der Waals surface area contributed by atoms with Gasteiger partial charge in [-0.05, 0) is 29.7 Å². The lowest BCUT2D eigenvalue weighted by Crippen LogP contribution is -2.58. The van der Waals surface area contributed by atoms with Crippen molar-refractivity contribution in [1.29, 1.82) is 0 Å². The van der Waals surface area contributed by atoms with Crippen molar-refractivity contribution in [1.82, 2.24) is 9.21 Å². The number of nitrogens with zero attached hydrogens (tertiary/aromatic N) is 2. The van der Waals surface area contributed by atoms with E-state index >= 15 is 0 Å². The van der Waals surface area contributed by atoms with E-state index in [9.17, 15) is 13.2 Å². The van der Waals surface area contributed by atoms with Gasteiger partial charge in [0.05, 0.1) is 17.5 Å². The molecule has 142 valence electrons. The van der Waals surface area contributed by atoms with Gasteiger partial charge in [0.1, 0.15) is 0 Å². The third-order valence-corrected chi connectivity index (χ3v) is 7.68. The van der Waals surface area contributed by atoms with Crippen LogP contribution in [0.4, 0.5) is 0 Å². The summed E-state index contributed by atoms with van der Waals surface area (Å²) in [6, 6.07) is 14.8. The van der Waals surface area contributed by atoms with E-state index in [1.807, 2.05) is 29.2 Å². The Morgan fingerprint density at radius 1 is 1.04 bits per heavy atom. The van der Waals surface area contributed by atoms with Crippen molar-refractivity contribution >= 4 is 15.9 Å². The number of piperazine rings is 1. The Morgan fingerprint density at radius 2 is 1.70 bits per heavy atom. The van der Waals surface area contributed by atoms with Gasteiger partial charge in [0.15, 0.2) is 0 Å². The van der Waals surface area contributed by atoms with E-state index in [1.165, 1.54) is 9.87 Å². The Hall–Kier alpha value is -2.18. The van der Waals surface area contributed by atoms with E-state index in [-0.39, 0.29) is 35.3 Å². The number of rotatable bonds is 2. The summed E-state index contributed by atoms with van der Waals surface area (Å²) in [4.78, 5) is 15.0. The number of hydrogen-bond acceptors (Lipinski definition) is 3. The lowest BCUT2D eigenvalue weighted by molar-refractivity contribution is -0.139. The molecule has 2 aliphatic rings. The highest BCUT2D eigenvalue weighted by atomic mass is 32.2. The molecule has 5 nitrogen and oxygen atoms in total. The van der Waals surface area contributed by atoms with E-state index in [0.717, 1.165) is 5.56 Å². The van der Waals surface area contributed by atoms with Crippen LogP contribution in [0.15, 0.2) is 53.4 Å². The zero-order valence-electron chi connectivity index (χ0n) is 15.8. The van der Waals surface area contributed by atoms with Crippen LogP contribution >= 0.6 is 0 Å². The molecule has 2 aromatic carbocycles. The summed E-state index contributed by atoms with van der Waals surface area (Å²) < 4.78 is 27.8. The van der Waals surface area contributed by atoms with Gasteiger partial charge in [-0.15, -0.1) is 0 Å². The highest BCUT2D eigenvalue weighted by Gasteiger charge is 2.45. The van der Waals surface area contributed by atoms with Crippen molar-refractivity contribution in [3.8, 4) is 0 Å². The molecule has 1 atom stereocenters. The van der Waals surface area contributed by atoms with Gasteiger partial charge in [-0.3, -0.25) is 4.79 Å². The average Bonchev–Trinajstić information content (AvgIpc) is 2.62. The van der Waals surface area contributed by atoms with Gasteiger partial charge >= 0.3 is 0 Å². The maximum absolute atomic E-state index is 13.2. The lowest BCUT2D eigenvalue weighted by atomic mass is 9.75. The van der Waals surface area contributed by atoms with Crippen LogP contribution in [0, 0.1) is 6.92 Å². The fourth-order valence-electron chi connectivity index (χ4n) is 4.32. The predicted molar refractivity (Wildman–Crippen MR) is 104 cm³/mol. The highest BCUT2D eigenvalue weighted by Crippen LogP contribution is 2.42. The molecule has 0 N–H and O–H groups in total. The summed E-state index contributed by atoms with van der Waals surface area (Å²) in [6.45, 7) is 6.83. The van der Waals surface area contributed by atoms with Crippen LogP contribution in [0.3, 0.4) is 0 Å². The Balaban J connectivity index is 1.76. The predicted octanol–water partition coefficient (Wildman–Crippen LogP) is 2.86. The van der Waals surface area contributed by atoms with Crippen LogP contribution in [-0.2, 0) is 20.2 Å². The van der Waals surface area contributed by atoms with Gasteiger partial charge in [0, 0.05) is 18.5 Å². The van der Waals surface area contributed by atoms with Crippen molar-refractivity contribution in [2.75, 3.05) is 19.6 Å². The van der Waals surface area contributed by atoms with E-state index in [1.54, 1.807) is 25.1 Å². The maximum Gasteiger partial charge on any atom is 0.243 e. The Labute approximate surface area is 160 Å². The number of fused-ring (bicyclic) bond motifs is 3. The molecule has 0 saturated carbocycles. The van der Waals surface area contributed by atoms with E-state index < -0.39 is 10.0 Å². The molecule has 0 aromatic heterocycles. The Morgan fingerprint density at radius 3 is 2.44 bits per heavy atom. The third-order valence-electron chi connectivity index (χ3n) is 5.71. The van der Waals surface area contributed by atoms with Crippen molar-refractivity contribution in [3.05, 3.63) is 65.2 Å². The minimum atomic E-state index is -3.72. The minimum Gasteiger partial charge on any atom is -0.332 e. The first-order valence-electron chi connectivity index (χ1n) is 9.16. The van der Waals surface area contributed by atoms with Crippen LogP contribution in [-0.4, -0.2) is 43.2 Å². The molecule has 0 bridgehead atoms. The molecule has 0 radical (unpaired) electrons. The fourth-order valence-corrected chi connectivity index (χ4v) is 5.94. The Bertz CT molecular complexity index is 1010. The first-order chi connectivity index (χ1) is 12.7. The van der Waals surface area contributed by atoms with Crippen LogP contribution in [0.25, 0.3) is 0 Å². The number of amides is 1. The summed E-state index contributed by atoms with van der Waals surface area (Å²) in [6.07, 6.45) is 0. The molecule has 1 amide bonds. The molecule has 1 saturated heterocycles. The third kappa shape index (κ3) is 2.87. The second kappa shape index (κ2) is 6.17. The number of aryl methyl sites for hydroxylation is 1. The molecule has 1 fully saturated rings. The van der Waals surface area contributed by atoms with E-state index in [4.69, 9.17) is 0 Å². The SMILES string of the molecule is Cc1ccccc1S(=O)(=O)N1CC(=O)N2CC(C)(C)c3ccccc3C2C1.